The molecule has 1 heterocycles. The van der Waals surface area contributed by atoms with Crippen molar-refractivity contribution in [3.8, 4) is 0 Å². The van der Waals surface area contributed by atoms with Crippen LogP contribution < -0.4 is 10.6 Å². The molecule has 3 aromatic rings. The lowest BCUT2D eigenvalue weighted by Crippen LogP contribution is -2.12. The summed E-state index contributed by atoms with van der Waals surface area (Å²) in [5.74, 6) is -0.189. The van der Waals surface area contributed by atoms with E-state index < -0.39 is 0 Å². The van der Waals surface area contributed by atoms with Gasteiger partial charge < -0.3 is 10.4 Å². The first kappa shape index (κ1) is 21.0. The Bertz CT molecular complexity index is 922. The van der Waals surface area contributed by atoms with Crippen molar-refractivity contribution in [2.24, 2.45) is 0 Å². The van der Waals surface area contributed by atoms with E-state index in [1.54, 1.807) is 0 Å². The van der Waals surface area contributed by atoms with Gasteiger partial charge in [-0.05, 0) is 48.2 Å². The lowest BCUT2D eigenvalue weighted by molar-refractivity contribution is 0.102. The van der Waals surface area contributed by atoms with Crippen LogP contribution >= 0.6 is 11.3 Å². The summed E-state index contributed by atoms with van der Waals surface area (Å²) in [6, 6.07) is 16.0. The fourth-order valence-corrected chi connectivity index (χ4v) is 3.78. The van der Waals surface area contributed by atoms with Crippen LogP contribution in [0.15, 0.2) is 53.9 Å². The predicted molar refractivity (Wildman–Crippen MR) is 120 cm³/mol. The molecular formula is C23H27N3O2S. The minimum atomic E-state index is -0.189. The van der Waals surface area contributed by atoms with E-state index in [2.05, 4.69) is 46.8 Å². The van der Waals surface area contributed by atoms with E-state index in [4.69, 9.17) is 5.11 Å². The Hall–Kier alpha value is -2.70. The molecule has 1 amide bonds. The third-order valence-corrected chi connectivity index (χ3v) is 5.49. The van der Waals surface area contributed by atoms with Gasteiger partial charge in [0, 0.05) is 36.2 Å². The number of unbranched alkanes of at least 4 members (excludes halogenated alkanes) is 1. The molecule has 0 aliphatic carbocycles. The summed E-state index contributed by atoms with van der Waals surface area (Å²) < 4.78 is 0. The standard InChI is InChI=1S/C23H27N3O2S/c1-2-3-6-17-7-4-5-8-19(17)15-24-20-11-9-18(10-12-20)22(28)26-23-25-21(13-14-27)16-29-23/h4-5,7-12,16,24,27H,2-3,6,13-15H2,1H3,(H,25,26,28). The summed E-state index contributed by atoms with van der Waals surface area (Å²) in [5.41, 5.74) is 5.04. The van der Waals surface area contributed by atoms with Crippen LogP contribution in [0.5, 0.6) is 0 Å². The third-order valence-electron chi connectivity index (χ3n) is 4.69. The van der Waals surface area contributed by atoms with E-state index >= 15 is 0 Å². The second-order valence-electron chi connectivity index (χ2n) is 6.87. The van der Waals surface area contributed by atoms with Crippen molar-refractivity contribution >= 4 is 28.1 Å². The molecule has 1 aromatic heterocycles. The first-order chi connectivity index (χ1) is 14.2. The van der Waals surface area contributed by atoms with Gasteiger partial charge in [0.2, 0.25) is 0 Å². The molecule has 0 bridgehead atoms. The van der Waals surface area contributed by atoms with E-state index in [1.807, 2.05) is 29.6 Å². The van der Waals surface area contributed by atoms with Crippen molar-refractivity contribution in [2.75, 3.05) is 17.2 Å². The monoisotopic (exact) mass is 409 g/mol. The molecule has 3 N–H and O–H groups in total. The summed E-state index contributed by atoms with van der Waals surface area (Å²) in [7, 11) is 0. The van der Waals surface area contributed by atoms with Gasteiger partial charge in [0.1, 0.15) is 0 Å². The Balaban J connectivity index is 1.56. The van der Waals surface area contributed by atoms with Crippen LogP contribution in [-0.4, -0.2) is 22.6 Å². The zero-order valence-electron chi connectivity index (χ0n) is 16.6. The number of benzene rings is 2. The Morgan fingerprint density at radius 2 is 1.83 bits per heavy atom. The molecule has 0 aliphatic heterocycles. The van der Waals surface area contributed by atoms with Gasteiger partial charge in [-0.25, -0.2) is 4.98 Å². The zero-order chi connectivity index (χ0) is 20.5. The molecule has 6 heteroatoms. The fourth-order valence-electron chi connectivity index (χ4n) is 3.04. The van der Waals surface area contributed by atoms with Crippen LogP contribution in [-0.2, 0) is 19.4 Å². The van der Waals surface area contributed by atoms with Crippen LogP contribution in [0.4, 0.5) is 10.8 Å². The SMILES string of the molecule is CCCCc1ccccc1CNc1ccc(C(=O)Nc2nc(CCO)cs2)cc1. The van der Waals surface area contributed by atoms with Crippen molar-refractivity contribution in [3.63, 3.8) is 0 Å². The van der Waals surface area contributed by atoms with E-state index in [0.29, 0.717) is 17.1 Å². The molecule has 0 saturated carbocycles. The predicted octanol–water partition coefficient (Wildman–Crippen LogP) is 4.88. The number of anilines is 2. The number of aliphatic hydroxyl groups is 1. The average molecular weight is 410 g/mol. The van der Waals surface area contributed by atoms with Gasteiger partial charge in [0.05, 0.1) is 5.69 Å². The number of aromatic nitrogens is 1. The third kappa shape index (κ3) is 6.14. The van der Waals surface area contributed by atoms with Gasteiger partial charge in [-0.2, -0.15) is 0 Å². The van der Waals surface area contributed by atoms with Crippen molar-refractivity contribution < 1.29 is 9.90 Å². The van der Waals surface area contributed by atoms with Gasteiger partial charge in [-0.15, -0.1) is 11.3 Å². The maximum Gasteiger partial charge on any atom is 0.257 e. The topological polar surface area (TPSA) is 74.2 Å². The molecule has 0 unspecified atom stereocenters. The number of rotatable bonds is 10. The number of hydrogen-bond acceptors (Lipinski definition) is 5. The van der Waals surface area contributed by atoms with Gasteiger partial charge in [-0.1, -0.05) is 37.6 Å². The van der Waals surface area contributed by atoms with Crippen LogP contribution in [0, 0.1) is 0 Å². The molecule has 2 aromatic carbocycles. The second-order valence-corrected chi connectivity index (χ2v) is 7.73. The fraction of sp³-hybridized carbons (Fsp3) is 0.304. The summed E-state index contributed by atoms with van der Waals surface area (Å²) in [4.78, 5) is 16.7. The first-order valence-corrected chi connectivity index (χ1v) is 10.8. The lowest BCUT2D eigenvalue weighted by atomic mass is 10.0. The maximum atomic E-state index is 12.4. The molecular weight excluding hydrogens is 382 g/mol. The molecule has 3 rings (SSSR count). The van der Waals surface area contributed by atoms with Crippen LogP contribution in [0.2, 0.25) is 0 Å². The van der Waals surface area contributed by atoms with E-state index in [-0.39, 0.29) is 12.5 Å². The van der Waals surface area contributed by atoms with Gasteiger partial charge >= 0.3 is 0 Å². The van der Waals surface area contributed by atoms with Gasteiger partial charge in [-0.3, -0.25) is 10.1 Å². The number of aryl methyl sites for hydroxylation is 1. The van der Waals surface area contributed by atoms with Crippen LogP contribution in [0.25, 0.3) is 0 Å². The normalized spacial score (nSPS) is 10.7. The second kappa shape index (κ2) is 10.7. The summed E-state index contributed by atoms with van der Waals surface area (Å²) >= 11 is 1.36. The average Bonchev–Trinajstić information content (AvgIpc) is 3.18. The molecule has 29 heavy (non-hydrogen) atoms. The highest BCUT2D eigenvalue weighted by Crippen LogP contribution is 2.19. The first-order valence-electron chi connectivity index (χ1n) is 9.97. The number of aliphatic hydroxyl groups excluding tert-OH is 1. The molecule has 0 saturated heterocycles. The highest BCUT2D eigenvalue weighted by atomic mass is 32.1. The molecule has 0 aliphatic rings. The molecule has 0 atom stereocenters. The highest BCUT2D eigenvalue weighted by Gasteiger charge is 2.09. The minimum absolute atomic E-state index is 0.0503. The zero-order valence-corrected chi connectivity index (χ0v) is 17.5. The quantitative estimate of drug-likeness (QED) is 0.446. The van der Waals surface area contributed by atoms with Crippen LogP contribution in [0.1, 0.15) is 46.9 Å². The Labute approximate surface area is 175 Å². The Kier molecular flexibility index (Phi) is 7.78. The Morgan fingerprint density at radius 3 is 2.55 bits per heavy atom. The number of nitrogens with zero attached hydrogens (tertiary/aromatic N) is 1. The van der Waals surface area contributed by atoms with E-state index in [0.717, 1.165) is 24.3 Å². The van der Waals surface area contributed by atoms with E-state index in [1.165, 1.54) is 35.3 Å². The molecule has 5 nitrogen and oxygen atoms in total. The van der Waals surface area contributed by atoms with Crippen molar-refractivity contribution in [2.45, 2.75) is 39.2 Å². The number of nitrogens with one attached hydrogen (secondary N) is 2. The summed E-state index contributed by atoms with van der Waals surface area (Å²) in [6.45, 7) is 3.02. The number of carbonyl (C=O) groups excluding carboxylic acids is 1. The van der Waals surface area contributed by atoms with Crippen molar-refractivity contribution in [1.82, 2.24) is 4.98 Å². The highest BCUT2D eigenvalue weighted by molar-refractivity contribution is 7.14. The van der Waals surface area contributed by atoms with Crippen molar-refractivity contribution in [3.05, 3.63) is 76.3 Å². The van der Waals surface area contributed by atoms with E-state index in [9.17, 15) is 4.79 Å². The summed E-state index contributed by atoms with van der Waals surface area (Å²) in [6.07, 6.45) is 3.98. The molecule has 152 valence electrons. The number of amides is 1. The Morgan fingerprint density at radius 1 is 1.07 bits per heavy atom. The minimum Gasteiger partial charge on any atom is -0.396 e. The van der Waals surface area contributed by atoms with Gasteiger partial charge in [0.25, 0.3) is 5.91 Å². The number of carbonyl (C=O) groups is 1. The van der Waals surface area contributed by atoms with Crippen molar-refractivity contribution in [1.29, 1.82) is 0 Å². The molecule has 0 fully saturated rings. The number of thiazole rings is 1. The molecule has 0 spiro atoms. The van der Waals surface area contributed by atoms with Gasteiger partial charge in [0.15, 0.2) is 5.13 Å². The largest absolute Gasteiger partial charge is 0.396 e. The number of hydrogen-bond donors (Lipinski definition) is 3. The summed E-state index contributed by atoms with van der Waals surface area (Å²) in [5, 5.41) is 17.6. The molecule has 0 radical (unpaired) electrons. The maximum absolute atomic E-state index is 12.4. The smallest absolute Gasteiger partial charge is 0.257 e. The lowest BCUT2D eigenvalue weighted by Gasteiger charge is -2.12. The van der Waals surface area contributed by atoms with Crippen LogP contribution in [0.3, 0.4) is 0 Å².